The largest absolute Gasteiger partial charge is 0.340 e. The summed E-state index contributed by atoms with van der Waals surface area (Å²) in [5.74, 6) is 1.01. The molecule has 0 saturated carbocycles. The summed E-state index contributed by atoms with van der Waals surface area (Å²) in [4.78, 5) is 17.5. The van der Waals surface area contributed by atoms with Crippen molar-refractivity contribution in [1.82, 2.24) is 15.1 Å². The number of likely N-dealkylation sites (N-methyl/N-ethyl adjacent to an activating group) is 1. The highest BCUT2D eigenvalue weighted by atomic mass is 16.2. The normalized spacial score (nSPS) is 29.9. The second kappa shape index (κ2) is 6.44. The van der Waals surface area contributed by atoms with Gasteiger partial charge in [0, 0.05) is 19.1 Å². The van der Waals surface area contributed by atoms with Crippen molar-refractivity contribution in [3.63, 3.8) is 0 Å². The van der Waals surface area contributed by atoms with Crippen LogP contribution in [0.15, 0.2) is 0 Å². The SMILES string of the molecule is CCCC1(C(=O)N2CC(C)C(N(C)C)C2)CCNCC1. The van der Waals surface area contributed by atoms with Crippen molar-refractivity contribution in [2.45, 2.75) is 45.6 Å². The van der Waals surface area contributed by atoms with E-state index in [1.54, 1.807) is 0 Å². The predicted octanol–water partition coefficient (Wildman–Crippen LogP) is 1.56. The number of carbonyl (C=O) groups excluding carboxylic acids is 1. The summed E-state index contributed by atoms with van der Waals surface area (Å²) < 4.78 is 0. The third-order valence-corrected chi connectivity index (χ3v) is 5.27. The zero-order chi connectivity index (χ0) is 14.8. The van der Waals surface area contributed by atoms with Crippen LogP contribution < -0.4 is 5.32 Å². The fraction of sp³-hybridized carbons (Fsp3) is 0.938. The standard InChI is InChI=1S/C16H31N3O/c1-5-6-16(7-9-17-10-8-16)15(20)19-11-13(2)14(12-19)18(3)4/h13-14,17H,5-12H2,1-4H3. The maximum Gasteiger partial charge on any atom is 0.228 e. The Morgan fingerprint density at radius 2 is 1.95 bits per heavy atom. The van der Waals surface area contributed by atoms with Crippen LogP contribution in [0.5, 0.6) is 0 Å². The van der Waals surface area contributed by atoms with Crippen molar-refractivity contribution < 1.29 is 4.79 Å². The lowest BCUT2D eigenvalue weighted by atomic mass is 9.74. The molecule has 0 aromatic heterocycles. The van der Waals surface area contributed by atoms with Gasteiger partial charge >= 0.3 is 0 Å². The van der Waals surface area contributed by atoms with Gasteiger partial charge in [-0.1, -0.05) is 20.3 Å². The van der Waals surface area contributed by atoms with Gasteiger partial charge in [0.05, 0.1) is 5.41 Å². The number of piperidine rings is 1. The minimum Gasteiger partial charge on any atom is -0.340 e. The minimum absolute atomic E-state index is 0.0824. The fourth-order valence-electron chi connectivity index (χ4n) is 4.08. The molecule has 2 aliphatic rings. The van der Waals surface area contributed by atoms with Crippen molar-refractivity contribution in [3.05, 3.63) is 0 Å². The number of nitrogens with zero attached hydrogens (tertiary/aromatic N) is 2. The van der Waals surface area contributed by atoms with Gasteiger partial charge in [-0.25, -0.2) is 0 Å². The lowest BCUT2D eigenvalue weighted by molar-refractivity contribution is -0.143. The van der Waals surface area contributed by atoms with Gasteiger partial charge in [-0.05, 0) is 52.4 Å². The number of amides is 1. The summed E-state index contributed by atoms with van der Waals surface area (Å²) in [6.07, 6.45) is 4.17. The van der Waals surface area contributed by atoms with Crippen LogP contribution in [0, 0.1) is 11.3 Å². The monoisotopic (exact) mass is 281 g/mol. The summed E-state index contributed by atoms with van der Waals surface area (Å²) >= 11 is 0. The lowest BCUT2D eigenvalue weighted by Crippen LogP contribution is -2.49. The Morgan fingerprint density at radius 3 is 2.45 bits per heavy atom. The summed E-state index contributed by atoms with van der Waals surface area (Å²) in [6.45, 7) is 8.30. The van der Waals surface area contributed by atoms with Crippen LogP contribution in [-0.4, -0.2) is 62.0 Å². The third-order valence-electron chi connectivity index (χ3n) is 5.27. The van der Waals surface area contributed by atoms with Crippen molar-refractivity contribution in [2.24, 2.45) is 11.3 Å². The van der Waals surface area contributed by atoms with Gasteiger partial charge in [-0.2, -0.15) is 0 Å². The molecule has 2 heterocycles. The minimum atomic E-state index is -0.0824. The molecule has 0 aromatic carbocycles. The van der Waals surface area contributed by atoms with E-state index in [0.717, 1.165) is 51.9 Å². The van der Waals surface area contributed by atoms with E-state index in [1.165, 1.54) is 0 Å². The van der Waals surface area contributed by atoms with Crippen molar-refractivity contribution >= 4 is 5.91 Å². The highest BCUT2D eigenvalue weighted by Crippen LogP contribution is 2.37. The smallest absolute Gasteiger partial charge is 0.228 e. The first kappa shape index (κ1) is 15.8. The van der Waals surface area contributed by atoms with Crippen LogP contribution in [0.4, 0.5) is 0 Å². The van der Waals surface area contributed by atoms with Crippen LogP contribution in [-0.2, 0) is 4.79 Å². The average Bonchev–Trinajstić information content (AvgIpc) is 2.81. The second-order valence-corrected chi connectivity index (χ2v) is 7.00. The lowest BCUT2D eigenvalue weighted by Gasteiger charge is -2.39. The van der Waals surface area contributed by atoms with Crippen LogP contribution in [0.3, 0.4) is 0 Å². The van der Waals surface area contributed by atoms with Crippen molar-refractivity contribution in [2.75, 3.05) is 40.3 Å². The zero-order valence-corrected chi connectivity index (χ0v) is 13.6. The molecular weight excluding hydrogens is 250 g/mol. The predicted molar refractivity (Wildman–Crippen MR) is 82.7 cm³/mol. The molecule has 20 heavy (non-hydrogen) atoms. The number of nitrogens with one attached hydrogen (secondary N) is 1. The zero-order valence-electron chi connectivity index (χ0n) is 13.6. The van der Waals surface area contributed by atoms with Crippen LogP contribution >= 0.6 is 0 Å². The van der Waals surface area contributed by atoms with E-state index in [0.29, 0.717) is 17.9 Å². The number of carbonyl (C=O) groups is 1. The first-order valence-corrected chi connectivity index (χ1v) is 8.16. The molecule has 2 saturated heterocycles. The molecule has 4 heteroatoms. The van der Waals surface area contributed by atoms with E-state index in [9.17, 15) is 4.79 Å². The molecular formula is C16H31N3O. The molecule has 1 N–H and O–H groups in total. The molecule has 2 unspecified atom stereocenters. The van der Waals surface area contributed by atoms with Gasteiger partial charge in [0.2, 0.25) is 5.91 Å². The van der Waals surface area contributed by atoms with Crippen LogP contribution in [0.25, 0.3) is 0 Å². The Morgan fingerprint density at radius 1 is 1.30 bits per heavy atom. The van der Waals surface area contributed by atoms with E-state index in [4.69, 9.17) is 0 Å². The molecule has 2 atom stereocenters. The maximum atomic E-state index is 13.1. The molecule has 0 bridgehead atoms. The molecule has 0 aliphatic carbocycles. The Kier molecular flexibility index (Phi) is 5.08. The van der Waals surface area contributed by atoms with Gasteiger partial charge in [-0.15, -0.1) is 0 Å². The summed E-state index contributed by atoms with van der Waals surface area (Å²) in [5.41, 5.74) is -0.0824. The Bertz CT molecular complexity index is 331. The van der Waals surface area contributed by atoms with Gasteiger partial charge in [-0.3, -0.25) is 4.79 Å². The molecule has 0 radical (unpaired) electrons. The van der Waals surface area contributed by atoms with Gasteiger partial charge in [0.1, 0.15) is 0 Å². The fourth-order valence-corrected chi connectivity index (χ4v) is 4.08. The van der Waals surface area contributed by atoms with E-state index in [1.807, 2.05) is 0 Å². The number of hydrogen-bond acceptors (Lipinski definition) is 3. The third kappa shape index (κ3) is 3.01. The van der Waals surface area contributed by atoms with Crippen LogP contribution in [0.1, 0.15) is 39.5 Å². The van der Waals surface area contributed by atoms with Gasteiger partial charge in [0.25, 0.3) is 0 Å². The molecule has 0 spiro atoms. The van der Waals surface area contributed by atoms with Crippen molar-refractivity contribution in [3.8, 4) is 0 Å². The molecule has 0 aromatic rings. The highest BCUT2D eigenvalue weighted by molar-refractivity contribution is 5.83. The number of hydrogen-bond donors (Lipinski definition) is 1. The molecule has 2 aliphatic heterocycles. The number of likely N-dealkylation sites (tertiary alicyclic amines) is 1. The van der Waals surface area contributed by atoms with Gasteiger partial charge in [0.15, 0.2) is 0 Å². The average molecular weight is 281 g/mol. The Labute approximate surface area is 123 Å². The molecule has 2 rings (SSSR count). The highest BCUT2D eigenvalue weighted by Gasteiger charge is 2.44. The first-order valence-electron chi connectivity index (χ1n) is 8.16. The van der Waals surface area contributed by atoms with Gasteiger partial charge < -0.3 is 15.1 Å². The Balaban J connectivity index is 2.09. The molecule has 2 fully saturated rings. The second-order valence-electron chi connectivity index (χ2n) is 7.00. The van der Waals surface area contributed by atoms with Crippen molar-refractivity contribution in [1.29, 1.82) is 0 Å². The van der Waals surface area contributed by atoms with E-state index >= 15 is 0 Å². The first-order chi connectivity index (χ1) is 9.50. The van der Waals surface area contributed by atoms with E-state index in [2.05, 4.69) is 43.1 Å². The Hall–Kier alpha value is -0.610. The summed E-state index contributed by atoms with van der Waals surface area (Å²) in [5, 5.41) is 3.40. The topological polar surface area (TPSA) is 35.6 Å². The summed E-state index contributed by atoms with van der Waals surface area (Å²) in [7, 11) is 4.25. The summed E-state index contributed by atoms with van der Waals surface area (Å²) in [6, 6.07) is 0.513. The van der Waals surface area contributed by atoms with E-state index < -0.39 is 0 Å². The number of rotatable bonds is 4. The van der Waals surface area contributed by atoms with Crippen LogP contribution in [0.2, 0.25) is 0 Å². The van der Waals surface area contributed by atoms with E-state index in [-0.39, 0.29) is 5.41 Å². The maximum absolute atomic E-state index is 13.1. The molecule has 4 nitrogen and oxygen atoms in total. The quantitative estimate of drug-likeness (QED) is 0.849. The molecule has 116 valence electrons. The molecule has 1 amide bonds.